The number of nitrogens with zero attached hydrogens (tertiary/aromatic N) is 2. The molecule has 0 unspecified atom stereocenters. The molecule has 0 fully saturated rings. The van der Waals surface area contributed by atoms with Gasteiger partial charge in [-0.3, -0.25) is 0 Å². The molecule has 0 N–H and O–H groups in total. The van der Waals surface area contributed by atoms with E-state index in [0.29, 0.717) is 18.1 Å². The zero-order valence-electron chi connectivity index (χ0n) is 11.1. The molecule has 3 rings (SSSR count). The van der Waals surface area contributed by atoms with E-state index in [0.717, 1.165) is 16.9 Å². The number of nitriles is 1. The molecule has 0 saturated carbocycles. The van der Waals surface area contributed by atoms with E-state index >= 15 is 0 Å². The quantitative estimate of drug-likeness (QED) is 0.715. The van der Waals surface area contributed by atoms with Crippen molar-refractivity contribution in [3.63, 3.8) is 0 Å². The maximum Gasteiger partial charge on any atom is 0.238 e. The Kier molecular flexibility index (Phi) is 2.92. The third-order valence-electron chi connectivity index (χ3n) is 3.23. The Hall–Kier alpha value is -2.74. The number of aromatic nitrogens is 1. The normalized spacial score (nSPS) is 11.7. The number of rotatable bonds is 2. The Morgan fingerprint density at radius 2 is 2.05 bits per heavy atom. The fourth-order valence-electron chi connectivity index (χ4n) is 2.32. The van der Waals surface area contributed by atoms with Crippen LogP contribution in [0.25, 0.3) is 0 Å². The topological polar surface area (TPSA) is 64.4 Å². The predicted molar refractivity (Wildman–Crippen MR) is 71.4 cm³/mol. The van der Waals surface area contributed by atoms with Crippen LogP contribution in [0.3, 0.4) is 0 Å². The van der Waals surface area contributed by atoms with E-state index in [1.807, 2.05) is 24.3 Å². The van der Waals surface area contributed by atoms with Gasteiger partial charge in [-0.2, -0.15) is 10.2 Å². The highest BCUT2D eigenvalue weighted by Gasteiger charge is 2.27. The molecule has 20 heavy (non-hydrogen) atoms. The van der Waals surface area contributed by atoms with E-state index < -0.39 is 0 Å². The van der Waals surface area contributed by atoms with E-state index in [4.69, 9.17) is 14.2 Å². The summed E-state index contributed by atoms with van der Waals surface area (Å²) < 4.78 is 16.3. The summed E-state index contributed by atoms with van der Waals surface area (Å²) in [7, 11) is 2.99. The molecule has 0 bridgehead atoms. The molecule has 2 heterocycles. The fraction of sp³-hybridized carbons (Fsp3) is 0.200. The van der Waals surface area contributed by atoms with Crippen molar-refractivity contribution in [2.24, 2.45) is 0 Å². The third-order valence-corrected chi connectivity index (χ3v) is 3.23. The highest BCUT2D eigenvalue weighted by molar-refractivity contribution is 5.61. The first-order valence-corrected chi connectivity index (χ1v) is 6.09. The highest BCUT2D eigenvalue weighted by Crippen LogP contribution is 2.43. The smallest absolute Gasteiger partial charge is 0.238 e. The van der Waals surface area contributed by atoms with Gasteiger partial charge in [0.05, 0.1) is 19.8 Å². The molecule has 0 amide bonds. The van der Waals surface area contributed by atoms with Gasteiger partial charge < -0.3 is 14.2 Å². The van der Waals surface area contributed by atoms with Crippen LogP contribution < -0.4 is 14.2 Å². The SMILES string of the molecule is COc1nc2c(c(OC)c1C#N)Cc1ccccc1O2. The van der Waals surface area contributed by atoms with Gasteiger partial charge in [-0.25, -0.2) is 0 Å². The lowest BCUT2D eigenvalue weighted by Crippen LogP contribution is -2.09. The lowest BCUT2D eigenvalue weighted by Gasteiger charge is -2.22. The lowest BCUT2D eigenvalue weighted by molar-refractivity contribution is 0.356. The van der Waals surface area contributed by atoms with Crippen molar-refractivity contribution in [3.8, 4) is 29.3 Å². The largest absolute Gasteiger partial charge is 0.495 e. The number of pyridine rings is 1. The number of para-hydroxylation sites is 1. The number of ether oxygens (including phenoxy) is 3. The minimum atomic E-state index is 0.211. The first-order chi connectivity index (χ1) is 9.78. The van der Waals surface area contributed by atoms with E-state index in [9.17, 15) is 5.26 Å². The second-order valence-electron chi connectivity index (χ2n) is 4.31. The maximum absolute atomic E-state index is 9.27. The number of hydrogen-bond donors (Lipinski definition) is 0. The van der Waals surface area contributed by atoms with Crippen LogP contribution in [0.2, 0.25) is 0 Å². The Morgan fingerprint density at radius 1 is 1.25 bits per heavy atom. The minimum absolute atomic E-state index is 0.211. The summed E-state index contributed by atoms with van der Waals surface area (Å²) >= 11 is 0. The van der Waals surface area contributed by atoms with Gasteiger partial charge >= 0.3 is 0 Å². The van der Waals surface area contributed by atoms with E-state index in [-0.39, 0.29) is 11.4 Å². The van der Waals surface area contributed by atoms with Crippen molar-refractivity contribution in [3.05, 3.63) is 41.0 Å². The second kappa shape index (κ2) is 4.74. The van der Waals surface area contributed by atoms with Gasteiger partial charge in [0.1, 0.15) is 11.8 Å². The molecule has 1 aliphatic rings. The molecular weight excluding hydrogens is 256 g/mol. The Morgan fingerprint density at radius 3 is 2.75 bits per heavy atom. The molecule has 1 aromatic carbocycles. The molecule has 1 aromatic heterocycles. The van der Waals surface area contributed by atoms with Gasteiger partial charge in [-0.15, -0.1) is 0 Å². The Bertz CT molecular complexity index is 720. The summed E-state index contributed by atoms with van der Waals surface area (Å²) in [6, 6.07) is 9.79. The fourth-order valence-corrected chi connectivity index (χ4v) is 2.32. The monoisotopic (exact) mass is 268 g/mol. The maximum atomic E-state index is 9.27. The number of benzene rings is 1. The van der Waals surface area contributed by atoms with Crippen LogP contribution in [-0.4, -0.2) is 19.2 Å². The summed E-state index contributed by atoms with van der Waals surface area (Å²) in [6.07, 6.45) is 0.611. The number of hydrogen-bond acceptors (Lipinski definition) is 5. The zero-order chi connectivity index (χ0) is 14.1. The van der Waals surface area contributed by atoms with Crippen molar-refractivity contribution in [2.75, 3.05) is 14.2 Å². The van der Waals surface area contributed by atoms with E-state index in [2.05, 4.69) is 11.1 Å². The summed E-state index contributed by atoms with van der Waals surface area (Å²) in [6.45, 7) is 0. The van der Waals surface area contributed by atoms with Crippen molar-refractivity contribution in [1.82, 2.24) is 4.98 Å². The van der Waals surface area contributed by atoms with Crippen LogP contribution in [-0.2, 0) is 6.42 Å². The zero-order valence-corrected chi connectivity index (χ0v) is 11.1. The summed E-state index contributed by atoms with van der Waals surface area (Å²) in [4.78, 5) is 4.26. The standard InChI is InChI=1S/C15H12N2O3/c1-18-13-10-7-9-5-3-4-6-12(9)20-15(10)17-14(19-2)11(13)8-16/h3-6H,7H2,1-2H3. The van der Waals surface area contributed by atoms with Crippen LogP contribution >= 0.6 is 0 Å². The molecule has 5 nitrogen and oxygen atoms in total. The molecule has 100 valence electrons. The van der Waals surface area contributed by atoms with Gasteiger partial charge in [-0.05, 0) is 11.6 Å². The summed E-state index contributed by atoms with van der Waals surface area (Å²) in [5.74, 6) is 1.86. The van der Waals surface area contributed by atoms with Crippen molar-refractivity contribution in [2.45, 2.75) is 6.42 Å². The predicted octanol–water partition coefficient (Wildman–Crippen LogP) is 2.67. The molecule has 0 saturated heterocycles. The van der Waals surface area contributed by atoms with Gasteiger partial charge in [0.25, 0.3) is 0 Å². The van der Waals surface area contributed by atoms with Gasteiger partial charge in [0, 0.05) is 6.42 Å². The molecule has 0 spiro atoms. The van der Waals surface area contributed by atoms with Crippen LogP contribution in [0.1, 0.15) is 16.7 Å². The van der Waals surface area contributed by atoms with Crippen LogP contribution in [0.5, 0.6) is 23.3 Å². The van der Waals surface area contributed by atoms with Crippen molar-refractivity contribution >= 4 is 0 Å². The summed E-state index contributed by atoms with van der Waals surface area (Å²) in [5.41, 5.74) is 2.09. The first kappa shape index (κ1) is 12.3. The van der Waals surface area contributed by atoms with Crippen molar-refractivity contribution in [1.29, 1.82) is 5.26 Å². The third kappa shape index (κ3) is 1.74. The van der Waals surface area contributed by atoms with Gasteiger partial charge in [0.15, 0.2) is 11.3 Å². The van der Waals surface area contributed by atoms with E-state index in [1.54, 1.807) is 0 Å². The lowest BCUT2D eigenvalue weighted by atomic mass is 10.00. The van der Waals surface area contributed by atoms with Gasteiger partial charge in [0.2, 0.25) is 11.8 Å². The molecule has 0 aliphatic carbocycles. The van der Waals surface area contributed by atoms with Crippen LogP contribution in [0, 0.1) is 11.3 Å². The molecule has 5 heteroatoms. The molecule has 0 radical (unpaired) electrons. The second-order valence-corrected chi connectivity index (χ2v) is 4.31. The Balaban J connectivity index is 2.21. The van der Waals surface area contributed by atoms with Crippen LogP contribution in [0.4, 0.5) is 0 Å². The molecule has 1 aliphatic heterocycles. The highest BCUT2D eigenvalue weighted by atomic mass is 16.5. The molecule has 2 aromatic rings. The molecular formula is C15H12N2O3. The first-order valence-electron chi connectivity index (χ1n) is 6.09. The van der Waals surface area contributed by atoms with E-state index in [1.165, 1.54) is 14.2 Å². The Labute approximate surface area is 116 Å². The van der Waals surface area contributed by atoms with Gasteiger partial charge in [-0.1, -0.05) is 18.2 Å². The average Bonchev–Trinajstić information content (AvgIpc) is 2.50. The van der Waals surface area contributed by atoms with Crippen molar-refractivity contribution < 1.29 is 14.2 Å². The molecule has 0 atom stereocenters. The number of methoxy groups -OCH3 is 2. The number of fused-ring (bicyclic) bond motifs is 2. The average molecular weight is 268 g/mol. The van der Waals surface area contributed by atoms with Crippen LogP contribution in [0.15, 0.2) is 24.3 Å². The minimum Gasteiger partial charge on any atom is -0.495 e. The summed E-state index contributed by atoms with van der Waals surface area (Å²) in [5, 5.41) is 9.27.